The molecule has 2 aromatic heterocycles. The van der Waals surface area contributed by atoms with Gasteiger partial charge in [0.1, 0.15) is 24.1 Å². The molecule has 3 saturated heterocycles. The number of likely N-dealkylation sites (tertiary alicyclic amines) is 1. The maximum atomic E-state index is 13.5. The van der Waals surface area contributed by atoms with Gasteiger partial charge >= 0.3 is 0 Å². The Morgan fingerprint density at radius 1 is 1.32 bits per heavy atom. The molecule has 150 valence electrons. The summed E-state index contributed by atoms with van der Waals surface area (Å²) in [6.45, 7) is 4.95. The second kappa shape index (κ2) is 6.70. The van der Waals surface area contributed by atoms with Crippen molar-refractivity contribution in [2.45, 2.75) is 56.8 Å². The van der Waals surface area contributed by atoms with Crippen molar-refractivity contribution in [2.75, 3.05) is 25.4 Å². The van der Waals surface area contributed by atoms with Gasteiger partial charge in [0.05, 0.1) is 5.69 Å². The number of ether oxygens (including phenoxy) is 1. The lowest BCUT2D eigenvalue weighted by Crippen LogP contribution is -2.56. The van der Waals surface area contributed by atoms with Crippen molar-refractivity contribution < 1.29 is 9.53 Å². The number of amides is 1. The molecule has 3 fully saturated rings. The van der Waals surface area contributed by atoms with Crippen LogP contribution in [0.25, 0.3) is 5.52 Å². The normalized spacial score (nSPS) is 29.8. The fourth-order valence-corrected chi connectivity index (χ4v) is 5.38. The fraction of sp³-hybridized carbons (Fsp3) is 0.650. The maximum absolute atomic E-state index is 13.5. The summed E-state index contributed by atoms with van der Waals surface area (Å²) in [5, 5.41) is 7.76. The molecule has 8 nitrogen and oxygen atoms in total. The molecule has 1 unspecified atom stereocenters. The van der Waals surface area contributed by atoms with Crippen molar-refractivity contribution in [2.24, 2.45) is 5.92 Å². The zero-order chi connectivity index (χ0) is 19.3. The fourth-order valence-electron chi connectivity index (χ4n) is 5.38. The highest BCUT2D eigenvalue weighted by Gasteiger charge is 2.49. The van der Waals surface area contributed by atoms with E-state index in [9.17, 15) is 4.79 Å². The quantitative estimate of drug-likeness (QED) is 0.815. The minimum atomic E-state index is -0.389. The summed E-state index contributed by atoms with van der Waals surface area (Å²) in [5.74, 6) is 0.788. The summed E-state index contributed by atoms with van der Waals surface area (Å²) in [4.78, 5) is 19.7. The zero-order valence-corrected chi connectivity index (χ0v) is 16.3. The van der Waals surface area contributed by atoms with Crippen LogP contribution < -0.4 is 11.1 Å². The Labute approximate surface area is 164 Å². The number of carbonyl (C=O) groups is 1. The Hall–Kier alpha value is -2.19. The van der Waals surface area contributed by atoms with E-state index in [4.69, 9.17) is 10.5 Å². The number of anilines is 1. The number of aromatic nitrogens is 3. The predicted octanol–water partition coefficient (Wildman–Crippen LogP) is 1.52. The zero-order valence-electron chi connectivity index (χ0n) is 16.3. The summed E-state index contributed by atoms with van der Waals surface area (Å²) in [6.07, 6.45) is 6.01. The van der Waals surface area contributed by atoms with Gasteiger partial charge in [-0.25, -0.2) is 9.50 Å². The number of fused-ring (bicyclic) bond motifs is 1. The molecule has 0 saturated carbocycles. The van der Waals surface area contributed by atoms with Crippen molar-refractivity contribution >= 4 is 17.2 Å². The molecule has 8 heteroatoms. The highest BCUT2D eigenvalue weighted by molar-refractivity contribution is 5.82. The monoisotopic (exact) mass is 384 g/mol. The topological polar surface area (TPSA) is 97.8 Å². The number of nitrogen functional groups attached to an aromatic ring is 1. The van der Waals surface area contributed by atoms with E-state index in [1.165, 1.54) is 6.33 Å². The second-order valence-electron chi connectivity index (χ2n) is 8.53. The molecular weight excluding hydrogens is 356 g/mol. The average Bonchev–Trinajstić information content (AvgIpc) is 3.39. The minimum Gasteiger partial charge on any atom is -0.382 e. The first-order chi connectivity index (χ1) is 13.6. The molecule has 3 aliphatic rings. The third-order valence-electron chi connectivity index (χ3n) is 6.89. The Balaban J connectivity index is 1.38. The van der Waals surface area contributed by atoms with E-state index in [0.29, 0.717) is 5.82 Å². The Morgan fingerprint density at radius 3 is 2.96 bits per heavy atom. The van der Waals surface area contributed by atoms with Crippen molar-refractivity contribution in [3.63, 3.8) is 0 Å². The SMILES string of the molecule is CC1C[C@H](c2ccc3c(N)ncnn23)O[C@@H]1C(=O)N1CCCC12CCNCC2. The van der Waals surface area contributed by atoms with E-state index >= 15 is 0 Å². The summed E-state index contributed by atoms with van der Waals surface area (Å²) in [5.41, 5.74) is 7.70. The van der Waals surface area contributed by atoms with Crippen LogP contribution in [0, 0.1) is 5.92 Å². The lowest BCUT2D eigenvalue weighted by atomic mass is 9.85. The first-order valence-corrected chi connectivity index (χ1v) is 10.3. The molecule has 0 radical (unpaired) electrons. The van der Waals surface area contributed by atoms with Crippen molar-refractivity contribution in [1.82, 2.24) is 24.8 Å². The van der Waals surface area contributed by atoms with Gasteiger partial charge < -0.3 is 20.7 Å². The number of nitrogens with one attached hydrogen (secondary N) is 1. The molecule has 5 heterocycles. The van der Waals surface area contributed by atoms with E-state index in [1.54, 1.807) is 4.52 Å². The maximum Gasteiger partial charge on any atom is 0.252 e. The number of hydrogen-bond donors (Lipinski definition) is 2. The number of hydrogen-bond acceptors (Lipinski definition) is 6. The van der Waals surface area contributed by atoms with Gasteiger partial charge in [-0.05, 0) is 63.2 Å². The first kappa shape index (κ1) is 17.9. The first-order valence-electron chi connectivity index (χ1n) is 10.3. The summed E-state index contributed by atoms with van der Waals surface area (Å²) < 4.78 is 8.13. The predicted molar refractivity (Wildman–Crippen MR) is 105 cm³/mol. The van der Waals surface area contributed by atoms with Crippen LogP contribution in [-0.4, -0.2) is 56.7 Å². The van der Waals surface area contributed by atoms with Crippen LogP contribution >= 0.6 is 0 Å². The molecular formula is C20H28N6O2. The summed E-state index contributed by atoms with van der Waals surface area (Å²) in [7, 11) is 0. The van der Waals surface area contributed by atoms with Gasteiger partial charge in [-0.2, -0.15) is 5.10 Å². The van der Waals surface area contributed by atoms with Gasteiger partial charge in [-0.15, -0.1) is 0 Å². The standard InChI is InChI=1S/C20H28N6O2/c1-13-11-16(14-3-4-15-18(21)23-12-24-26(14)15)28-17(13)19(27)25-10-2-5-20(25)6-8-22-9-7-20/h3-4,12-13,16-17,22H,2,5-11H2,1H3,(H2,21,23,24)/t13?,16-,17+/m1/s1. The van der Waals surface area contributed by atoms with Crippen LogP contribution in [-0.2, 0) is 9.53 Å². The summed E-state index contributed by atoms with van der Waals surface area (Å²) in [6, 6.07) is 3.90. The molecule has 0 aromatic carbocycles. The van der Waals surface area contributed by atoms with E-state index in [0.717, 1.165) is 62.9 Å². The Bertz CT molecular complexity index is 890. The van der Waals surface area contributed by atoms with Gasteiger partial charge in [-0.3, -0.25) is 4.79 Å². The van der Waals surface area contributed by atoms with Crippen molar-refractivity contribution in [3.05, 3.63) is 24.2 Å². The molecule has 2 aromatic rings. The lowest BCUT2D eigenvalue weighted by Gasteiger charge is -2.43. The van der Waals surface area contributed by atoms with Crippen LogP contribution in [0.2, 0.25) is 0 Å². The van der Waals surface area contributed by atoms with Gasteiger partial charge in [0.15, 0.2) is 5.82 Å². The molecule has 0 bridgehead atoms. The van der Waals surface area contributed by atoms with Crippen LogP contribution in [0.4, 0.5) is 5.82 Å². The van der Waals surface area contributed by atoms with Crippen LogP contribution in [0.5, 0.6) is 0 Å². The molecule has 1 amide bonds. The Kier molecular flexibility index (Phi) is 4.28. The molecule has 5 rings (SSSR count). The number of carbonyl (C=O) groups excluding carboxylic acids is 1. The number of nitrogens with two attached hydrogens (primary N) is 1. The van der Waals surface area contributed by atoms with E-state index in [1.807, 2.05) is 12.1 Å². The van der Waals surface area contributed by atoms with Crippen LogP contribution in [0.3, 0.4) is 0 Å². The van der Waals surface area contributed by atoms with Crippen molar-refractivity contribution in [3.8, 4) is 0 Å². The number of piperidine rings is 1. The molecule has 3 aliphatic heterocycles. The summed E-state index contributed by atoms with van der Waals surface area (Å²) >= 11 is 0. The third kappa shape index (κ3) is 2.69. The lowest BCUT2D eigenvalue weighted by molar-refractivity contribution is -0.150. The smallest absolute Gasteiger partial charge is 0.252 e. The van der Waals surface area contributed by atoms with Gasteiger partial charge in [0.25, 0.3) is 5.91 Å². The van der Waals surface area contributed by atoms with Crippen molar-refractivity contribution in [1.29, 1.82) is 0 Å². The Morgan fingerprint density at radius 2 is 2.14 bits per heavy atom. The molecule has 0 aliphatic carbocycles. The van der Waals surface area contributed by atoms with Crippen LogP contribution in [0.15, 0.2) is 18.5 Å². The third-order valence-corrected chi connectivity index (χ3v) is 6.89. The van der Waals surface area contributed by atoms with E-state index in [-0.39, 0.29) is 29.6 Å². The molecule has 1 spiro atoms. The number of nitrogens with zero attached hydrogens (tertiary/aromatic N) is 4. The molecule has 28 heavy (non-hydrogen) atoms. The average molecular weight is 384 g/mol. The van der Waals surface area contributed by atoms with Gasteiger partial charge in [0.2, 0.25) is 0 Å². The van der Waals surface area contributed by atoms with Crippen LogP contribution in [0.1, 0.15) is 50.8 Å². The second-order valence-corrected chi connectivity index (χ2v) is 8.53. The highest BCUT2D eigenvalue weighted by atomic mass is 16.5. The highest BCUT2D eigenvalue weighted by Crippen LogP contribution is 2.42. The van der Waals surface area contributed by atoms with E-state index < -0.39 is 0 Å². The molecule has 3 atom stereocenters. The van der Waals surface area contributed by atoms with E-state index in [2.05, 4.69) is 27.2 Å². The van der Waals surface area contributed by atoms with Gasteiger partial charge in [0, 0.05) is 12.1 Å². The number of rotatable bonds is 2. The largest absolute Gasteiger partial charge is 0.382 e. The molecule has 3 N–H and O–H groups in total. The minimum absolute atomic E-state index is 0.0347. The van der Waals surface area contributed by atoms with Gasteiger partial charge in [-0.1, -0.05) is 6.92 Å².